The molecule has 0 amide bonds. The molecule has 0 radical (unpaired) electrons. The lowest BCUT2D eigenvalue weighted by Crippen LogP contribution is -2.13. The number of aromatic nitrogens is 2. The molecule has 0 bridgehead atoms. The highest BCUT2D eigenvalue weighted by Crippen LogP contribution is 2.40. The van der Waals surface area contributed by atoms with Gasteiger partial charge in [-0.3, -0.25) is 0 Å². The normalized spacial score (nSPS) is 10.9. The first-order chi connectivity index (χ1) is 13.8. The molecule has 1 N–H and O–H groups in total. The van der Waals surface area contributed by atoms with E-state index in [1.807, 2.05) is 42.7 Å². The van der Waals surface area contributed by atoms with E-state index < -0.39 is 5.97 Å². The molecule has 7 nitrogen and oxygen atoms in total. The van der Waals surface area contributed by atoms with Gasteiger partial charge in [0, 0.05) is 36.8 Å². The van der Waals surface area contributed by atoms with Crippen molar-refractivity contribution in [2.45, 2.75) is 20.1 Å². The van der Waals surface area contributed by atoms with Gasteiger partial charge in [0.15, 0.2) is 0 Å². The standard InChI is InChI=1S/C21H24BrN3O4.ClH/c1-5-28-21(27)19-16(12-29-17-8-6-7-9-23-17)25(4)15-10-14(22)20(26)13(18(15)19)11-24(2)3;/h6-10,26H,5,11-12H2,1-4H3;1H. The van der Waals surface area contributed by atoms with Crippen molar-refractivity contribution in [1.29, 1.82) is 0 Å². The molecule has 0 saturated carbocycles. The zero-order valence-corrected chi connectivity index (χ0v) is 19.7. The number of carbonyl (C=O) groups excluding carboxylic acids is 1. The van der Waals surface area contributed by atoms with Gasteiger partial charge in [-0.05, 0) is 49.1 Å². The highest BCUT2D eigenvalue weighted by Gasteiger charge is 2.27. The van der Waals surface area contributed by atoms with Gasteiger partial charge in [0.05, 0.1) is 27.9 Å². The fourth-order valence-corrected chi connectivity index (χ4v) is 3.77. The first-order valence-electron chi connectivity index (χ1n) is 9.22. The van der Waals surface area contributed by atoms with Crippen LogP contribution in [-0.2, 0) is 24.9 Å². The van der Waals surface area contributed by atoms with E-state index in [0.717, 1.165) is 5.52 Å². The summed E-state index contributed by atoms with van der Waals surface area (Å²) in [6.07, 6.45) is 1.65. The van der Waals surface area contributed by atoms with Crippen LogP contribution in [0.1, 0.15) is 28.5 Å². The first kappa shape index (κ1) is 24.0. The summed E-state index contributed by atoms with van der Waals surface area (Å²) in [5.41, 5.74) is 2.51. The van der Waals surface area contributed by atoms with Crippen LogP contribution in [0.2, 0.25) is 0 Å². The van der Waals surface area contributed by atoms with E-state index in [-0.39, 0.29) is 31.4 Å². The fraction of sp³-hybridized carbons (Fsp3) is 0.333. The first-order valence-corrected chi connectivity index (χ1v) is 10.0. The van der Waals surface area contributed by atoms with Gasteiger partial charge in [0.1, 0.15) is 12.4 Å². The summed E-state index contributed by atoms with van der Waals surface area (Å²) < 4.78 is 13.6. The number of hydrogen-bond acceptors (Lipinski definition) is 6. The van der Waals surface area contributed by atoms with E-state index in [0.29, 0.717) is 39.1 Å². The number of phenolic OH excluding ortho intramolecular Hbond substituents is 1. The molecular weight excluding hydrogens is 474 g/mol. The Balaban J connectivity index is 0.00000320. The van der Waals surface area contributed by atoms with E-state index >= 15 is 0 Å². The highest BCUT2D eigenvalue weighted by atomic mass is 79.9. The number of halogens is 2. The minimum absolute atomic E-state index is 0. The summed E-state index contributed by atoms with van der Waals surface area (Å²) in [7, 11) is 5.68. The van der Waals surface area contributed by atoms with Crippen LogP contribution in [0.25, 0.3) is 10.9 Å². The Morgan fingerprint density at radius 2 is 2.07 bits per heavy atom. The van der Waals surface area contributed by atoms with Gasteiger partial charge in [0.25, 0.3) is 0 Å². The molecule has 0 saturated heterocycles. The zero-order chi connectivity index (χ0) is 21.1. The Morgan fingerprint density at radius 1 is 1.33 bits per heavy atom. The number of esters is 1. The van der Waals surface area contributed by atoms with Crippen LogP contribution < -0.4 is 4.74 Å². The molecule has 0 atom stereocenters. The number of pyridine rings is 1. The highest BCUT2D eigenvalue weighted by molar-refractivity contribution is 9.10. The lowest BCUT2D eigenvalue weighted by Gasteiger charge is -2.15. The lowest BCUT2D eigenvalue weighted by atomic mass is 10.0. The van der Waals surface area contributed by atoms with E-state index in [2.05, 4.69) is 20.9 Å². The van der Waals surface area contributed by atoms with Gasteiger partial charge in [-0.1, -0.05) is 6.07 Å². The van der Waals surface area contributed by atoms with Crippen molar-refractivity contribution >= 4 is 45.2 Å². The molecule has 0 unspecified atom stereocenters. The number of phenols is 1. The number of ether oxygens (including phenoxy) is 2. The minimum atomic E-state index is -0.445. The maximum absolute atomic E-state index is 12.9. The molecule has 0 aliphatic carbocycles. The molecule has 9 heteroatoms. The van der Waals surface area contributed by atoms with Crippen LogP contribution in [0.15, 0.2) is 34.9 Å². The molecular formula is C21H25BrClN3O4. The van der Waals surface area contributed by atoms with Crippen LogP contribution in [0.3, 0.4) is 0 Å². The molecule has 30 heavy (non-hydrogen) atoms. The Bertz CT molecular complexity index is 1040. The van der Waals surface area contributed by atoms with Crippen molar-refractivity contribution in [3.63, 3.8) is 0 Å². The predicted octanol–water partition coefficient (Wildman–Crippen LogP) is 4.28. The molecule has 0 spiro atoms. The second kappa shape index (κ2) is 10.1. The molecule has 3 aromatic rings. The van der Waals surface area contributed by atoms with Crippen molar-refractivity contribution in [2.24, 2.45) is 7.05 Å². The number of carbonyl (C=O) groups is 1. The van der Waals surface area contributed by atoms with E-state index in [1.54, 1.807) is 25.3 Å². The summed E-state index contributed by atoms with van der Waals surface area (Å²) in [4.78, 5) is 19.0. The average Bonchev–Trinajstić information content (AvgIpc) is 2.96. The topological polar surface area (TPSA) is 76.8 Å². The largest absolute Gasteiger partial charge is 0.506 e. The lowest BCUT2D eigenvalue weighted by molar-refractivity contribution is 0.0525. The molecule has 2 heterocycles. The second-order valence-corrected chi connectivity index (χ2v) is 7.73. The predicted molar refractivity (Wildman–Crippen MR) is 121 cm³/mol. The summed E-state index contributed by atoms with van der Waals surface area (Å²) >= 11 is 3.43. The molecule has 0 aliphatic heterocycles. The van der Waals surface area contributed by atoms with Crippen LogP contribution >= 0.6 is 28.3 Å². The molecule has 0 fully saturated rings. The third kappa shape index (κ3) is 4.71. The molecule has 2 aromatic heterocycles. The van der Waals surface area contributed by atoms with Crippen LogP contribution in [0.5, 0.6) is 11.6 Å². The smallest absolute Gasteiger partial charge is 0.340 e. The maximum atomic E-state index is 12.9. The number of nitrogens with zero attached hydrogens (tertiary/aromatic N) is 3. The molecule has 0 aliphatic rings. The summed E-state index contributed by atoms with van der Waals surface area (Å²) in [5.74, 6) is 0.129. The van der Waals surface area contributed by atoms with Gasteiger partial charge in [-0.25, -0.2) is 9.78 Å². The van der Waals surface area contributed by atoms with E-state index in [9.17, 15) is 9.90 Å². The number of hydrogen-bond donors (Lipinski definition) is 1. The number of rotatable bonds is 7. The SMILES string of the molecule is CCOC(=O)c1c(COc2ccccn2)n(C)c2cc(Br)c(O)c(CN(C)C)c12.Cl. The number of aryl methyl sites for hydroxylation is 1. The molecule has 162 valence electrons. The van der Waals surface area contributed by atoms with Gasteiger partial charge >= 0.3 is 5.97 Å². The van der Waals surface area contributed by atoms with Crippen LogP contribution in [0, 0.1) is 0 Å². The number of aromatic hydroxyl groups is 1. The zero-order valence-electron chi connectivity index (χ0n) is 17.3. The quantitative estimate of drug-likeness (QED) is 0.490. The van der Waals surface area contributed by atoms with Crippen molar-refractivity contribution in [3.05, 3.63) is 51.8 Å². The van der Waals surface area contributed by atoms with Gasteiger partial charge in [0.2, 0.25) is 5.88 Å². The molecule has 1 aromatic carbocycles. The Labute approximate surface area is 190 Å². The van der Waals surface area contributed by atoms with E-state index in [1.165, 1.54) is 0 Å². The average molecular weight is 499 g/mol. The molecule has 3 rings (SSSR count). The van der Waals surface area contributed by atoms with Crippen LogP contribution in [0.4, 0.5) is 0 Å². The number of benzene rings is 1. The summed E-state index contributed by atoms with van der Waals surface area (Å²) in [6.45, 7) is 2.61. The van der Waals surface area contributed by atoms with Crippen molar-refractivity contribution in [3.8, 4) is 11.6 Å². The Morgan fingerprint density at radius 3 is 2.67 bits per heavy atom. The Kier molecular flexibility index (Phi) is 8.11. The van der Waals surface area contributed by atoms with Crippen LogP contribution in [-0.4, -0.2) is 46.2 Å². The monoisotopic (exact) mass is 497 g/mol. The third-order valence-corrected chi connectivity index (χ3v) is 5.19. The van der Waals surface area contributed by atoms with Gasteiger partial charge in [-0.15, -0.1) is 12.4 Å². The Hall–Kier alpha value is -2.29. The van der Waals surface area contributed by atoms with Gasteiger partial charge < -0.3 is 24.0 Å². The van der Waals surface area contributed by atoms with Crippen molar-refractivity contribution in [1.82, 2.24) is 14.5 Å². The number of fused-ring (bicyclic) bond motifs is 1. The fourth-order valence-electron chi connectivity index (χ4n) is 3.32. The summed E-state index contributed by atoms with van der Waals surface area (Å²) in [6, 6.07) is 7.20. The van der Waals surface area contributed by atoms with E-state index in [4.69, 9.17) is 9.47 Å². The van der Waals surface area contributed by atoms with Crippen molar-refractivity contribution in [2.75, 3.05) is 20.7 Å². The maximum Gasteiger partial charge on any atom is 0.340 e. The van der Waals surface area contributed by atoms with Crippen molar-refractivity contribution < 1.29 is 19.4 Å². The summed E-state index contributed by atoms with van der Waals surface area (Å²) in [5, 5.41) is 11.4. The van der Waals surface area contributed by atoms with Gasteiger partial charge in [-0.2, -0.15) is 0 Å². The minimum Gasteiger partial charge on any atom is -0.506 e. The third-order valence-electron chi connectivity index (χ3n) is 4.59. The second-order valence-electron chi connectivity index (χ2n) is 6.88.